The van der Waals surface area contributed by atoms with Crippen molar-refractivity contribution in [1.82, 2.24) is 0 Å². The fourth-order valence-corrected chi connectivity index (χ4v) is 2.40. The lowest BCUT2D eigenvalue weighted by molar-refractivity contribution is 0.543. The summed E-state index contributed by atoms with van der Waals surface area (Å²) in [5, 5.41) is 0.140. The Bertz CT molecular complexity index is 328. The molecule has 0 bridgehead atoms. The van der Waals surface area contributed by atoms with E-state index in [1.165, 1.54) is 36.0 Å². The number of halogens is 1. The van der Waals surface area contributed by atoms with Crippen molar-refractivity contribution < 1.29 is 0 Å². The van der Waals surface area contributed by atoms with Crippen LogP contribution in [-0.4, -0.2) is 0 Å². The number of hydrogen-bond donors (Lipinski definition) is 0. The first-order valence-corrected chi connectivity index (χ1v) is 5.90. The van der Waals surface area contributed by atoms with Gasteiger partial charge in [-0.05, 0) is 42.4 Å². The lowest BCUT2D eigenvalue weighted by Gasteiger charge is -2.05. The molecule has 2 rings (SSSR count). The first-order valence-electron chi connectivity index (χ1n) is 5.46. The molecule has 0 unspecified atom stereocenters. The van der Waals surface area contributed by atoms with Gasteiger partial charge in [0.1, 0.15) is 0 Å². The fourth-order valence-electron chi connectivity index (χ4n) is 2.27. The van der Waals surface area contributed by atoms with Gasteiger partial charge < -0.3 is 0 Å². The molecule has 0 fully saturated rings. The van der Waals surface area contributed by atoms with E-state index in [1.807, 2.05) is 6.92 Å². The van der Waals surface area contributed by atoms with E-state index in [-0.39, 0.29) is 5.38 Å². The van der Waals surface area contributed by atoms with Gasteiger partial charge in [-0.2, -0.15) is 0 Å². The van der Waals surface area contributed by atoms with Crippen LogP contribution in [0.2, 0.25) is 0 Å². The summed E-state index contributed by atoms with van der Waals surface area (Å²) < 4.78 is 0. The van der Waals surface area contributed by atoms with Crippen molar-refractivity contribution >= 4 is 11.6 Å². The summed E-state index contributed by atoms with van der Waals surface area (Å²) in [7, 11) is 0. The minimum Gasteiger partial charge on any atom is -0.118 e. The highest BCUT2D eigenvalue weighted by Crippen LogP contribution is 2.31. The van der Waals surface area contributed by atoms with Gasteiger partial charge in [0.05, 0.1) is 5.38 Å². The second-order valence-electron chi connectivity index (χ2n) is 4.33. The minimum atomic E-state index is 0.140. The van der Waals surface area contributed by atoms with E-state index in [9.17, 15) is 0 Å². The quantitative estimate of drug-likeness (QED) is 0.642. The molecule has 1 aromatic carbocycles. The first kappa shape index (κ1) is 10.0. The van der Waals surface area contributed by atoms with Crippen LogP contribution in [0, 0.1) is 5.92 Å². The number of hydrogen-bond acceptors (Lipinski definition) is 0. The van der Waals surface area contributed by atoms with Crippen LogP contribution in [0.4, 0.5) is 0 Å². The Kier molecular flexibility index (Phi) is 2.83. The Hall–Kier alpha value is -0.490. The molecule has 0 amide bonds. The van der Waals surface area contributed by atoms with Crippen LogP contribution in [-0.2, 0) is 12.8 Å². The average Bonchev–Trinajstić information content (AvgIpc) is 2.58. The van der Waals surface area contributed by atoms with Crippen LogP contribution >= 0.6 is 11.6 Å². The van der Waals surface area contributed by atoms with Gasteiger partial charge in [0.25, 0.3) is 0 Å². The Morgan fingerprint density at radius 1 is 1.36 bits per heavy atom. The van der Waals surface area contributed by atoms with E-state index in [1.54, 1.807) is 0 Å². The summed E-state index contributed by atoms with van der Waals surface area (Å²) in [5.41, 5.74) is 4.34. The largest absolute Gasteiger partial charge is 0.118 e. The Labute approximate surface area is 91.3 Å². The topological polar surface area (TPSA) is 0 Å². The third-order valence-electron chi connectivity index (χ3n) is 3.28. The molecular weight excluding hydrogens is 192 g/mol. The number of fused-ring (bicyclic) bond motifs is 1. The van der Waals surface area contributed by atoms with Crippen molar-refractivity contribution in [2.75, 3.05) is 0 Å². The molecule has 0 nitrogen and oxygen atoms in total. The molecule has 0 radical (unpaired) electrons. The molecule has 0 spiro atoms. The molecule has 0 heterocycles. The highest BCUT2D eigenvalue weighted by Gasteiger charge is 2.20. The predicted molar refractivity (Wildman–Crippen MR) is 61.9 cm³/mol. The molecular formula is C13H17Cl. The van der Waals surface area contributed by atoms with Gasteiger partial charge in [-0.25, -0.2) is 0 Å². The van der Waals surface area contributed by atoms with Crippen molar-refractivity contribution in [2.45, 2.75) is 38.5 Å². The van der Waals surface area contributed by atoms with E-state index in [2.05, 4.69) is 25.1 Å². The van der Waals surface area contributed by atoms with Crippen LogP contribution in [0.25, 0.3) is 0 Å². The van der Waals surface area contributed by atoms with Gasteiger partial charge in [-0.15, -0.1) is 11.6 Å². The van der Waals surface area contributed by atoms with Crippen molar-refractivity contribution in [3.63, 3.8) is 0 Å². The summed E-state index contributed by atoms with van der Waals surface area (Å²) in [6.45, 7) is 4.32. The lowest BCUT2D eigenvalue weighted by Crippen LogP contribution is -1.95. The highest BCUT2D eigenvalue weighted by molar-refractivity contribution is 6.20. The minimum absolute atomic E-state index is 0.140. The maximum atomic E-state index is 6.08. The standard InChI is InChI=1S/C13H17Cl/c1-3-10-6-12-5-4-11(9(2)14)8-13(12)7-10/h4-5,8-10H,3,6-7H2,1-2H3/t9-,10+/m0/s1. The maximum Gasteiger partial charge on any atom is 0.0557 e. The zero-order valence-electron chi connectivity index (χ0n) is 8.89. The van der Waals surface area contributed by atoms with Gasteiger partial charge in [0, 0.05) is 0 Å². The summed E-state index contributed by atoms with van der Waals surface area (Å²) in [6, 6.07) is 6.73. The van der Waals surface area contributed by atoms with Crippen LogP contribution in [0.5, 0.6) is 0 Å². The predicted octanol–water partition coefficient (Wildman–Crippen LogP) is 4.11. The second-order valence-corrected chi connectivity index (χ2v) is 4.98. The van der Waals surface area contributed by atoms with Crippen LogP contribution in [0.3, 0.4) is 0 Å². The van der Waals surface area contributed by atoms with E-state index in [0.717, 1.165) is 5.92 Å². The third-order valence-corrected chi connectivity index (χ3v) is 3.54. The van der Waals surface area contributed by atoms with Crippen molar-refractivity contribution in [2.24, 2.45) is 5.92 Å². The Balaban J connectivity index is 2.26. The van der Waals surface area contributed by atoms with E-state index >= 15 is 0 Å². The zero-order chi connectivity index (χ0) is 10.1. The van der Waals surface area contributed by atoms with Gasteiger partial charge in [0.2, 0.25) is 0 Å². The van der Waals surface area contributed by atoms with Crippen LogP contribution < -0.4 is 0 Å². The van der Waals surface area contributed by atoms with Crippen molar-refractivity contribution in [3.8, 4) is 0 Å². The second kappa shape index (κ2) is 3.94. The van der Waals surface area contributed by atoms with Crippen LogP contribution in [0.1, 0.15) is 42.3 Å². The summed E-state index contributed by atoms with van der Waals surface area (Å²) >= 11 is 6.08. The monoisotopic (exact) mass is 208 g/mol. The molecule has 1 aliphatic carbocycles. The van der Waals surface area contributed by atoms with Crippen molar-refractivity contribution in [1.29, 1.82) is 0 Å². The molecule has 1 aliphatic rings. The average molecular weight is 209 g/mol. The number of alkyl halides is 1. The molecule has 1 heteroatoms. The molecule has 1 aromatic rings. The Morgan fingerprint density at radius 2 is 2.07 bits per heavy atom. The Morgan fingerprint density at radius 3 is 2.71 bits per heavy atom. The molecule has 0 saturated carbocycles. The summed E-state index contributed by atoms with van der Waals surface area (Å²) in [6.07, 6.45) is 3.81. The molecule has 0 aromatic heterocycles. The molecule has 2 atom stereocenters. The molecule has 76 valence electrons. The van der Waals surface area contributed by atoms with E-state index < -0.39 is 0 Å². The van der Waals surface area contributed by atoms with Gasteiger partial charge in [0.15, 0.2) is 0 Å². The normalized spacial score (nSPS) is 22.1. The van der Waals surface area contributed by atoms with E-state index in [0.29, 0.717) is 0 Å². The maximum absolute atomic E-state index is 6.08. The SMILES string of the molecule is CC[C@@H]1Cc2ccc([C@H](C)Cl)cc2C1. The zero-order valence-corrected chi connectivity index (χ0v) is 9.64. The molecule has 0 N–H and O–H groups in total. The number of benzene rings is 1. The van der Waals surface area contributed by atoms with Gasteiger partial charge in [-0.3, -0.25) is 0 Å². The molecule has 14 heavy (non-hydrogen) atoms. The smallest absolute Gasteiger partial charge is 0.0557 e. The third kappa shape index (κ3) is 1.81. The number of rotatable bonds is 2. The van der Waals surface area contributed by atoms with Crippen LogP contribution in [0.15, 0.2) is 18.2 Å². The summed E-state index contributed by atoms with van der Waals surface area (Å²) in [5.74, 6) is 0.867. The van der Waals surface area contributed by atoms with E-state index in [4.69, 9.17) is 11.6 Å². The van der Waals surface area contributed by atoms with Crippen molar-refractivity contribution in [3.05, 3.63) is 34.9 Å². The van der Waals surface area contributed by atoms with Gasteiger partial charge in [-0.1, -0.05) is 31.5 Å². The van der Waals surface area contributed by atoms with Gasteiger partial charge >= 0.3 is 0 Å². The summed E-state index contributed by atoms with van der Waals surface area (Å²) in [4.78, 5) is 0. The fraction of sp³-hybridized carbons (Fsp3) is 0.538. The molecule has 0 saturated heterocycles. The lowest BCUT2D eigenvalue weighted by atomic mass is 10.0. The highest BCUT2D eigenvalue weighted by atomic mass is 35.5. The molecule has 0 aliphatic heterocycles. The first-order chi connectivity index (χ1) is 6.70.